The molecule has 8 heteroatoms. The van der Waals surface area contributed by atoms with Crippen molar-refractivity contribution in [1.82, 2.24) is 0 Å². The molecule has 0 fully saturated rings. The number of anilines is 2. The van der Waals surface area contributed by atoms with Gasteiger partial charge in [-0.05, 0) is 36.4 Å². The SMILES string of the molecule is COc1ccc(NC(=O)C(=O)Nc2ccc(OC)c(Cl)c2)cc1Cl. The summed E-state index contributed by atoms with van der Waals surface area (Å²) in [4.78, 5) is 23.9. The third-order valence-corrected chi connectivity index (χ3v) is 3.62. The van der Waals surface area contributed by atoms with E-state index in [0.717, 1.165) is 0 Å². The average Bonchev–Trinajstić information content (AvgIpc) is 2.55. The van der Waals surface area contributed by atoms with Gasteiger partial charge in [-0.3, -0.25) is 9.59 Å². The van der Waals surface area contributed by atoms with Gasteiger partial charge in [-0.1, -0.05) is 23.2 Å². The van der Waals surface area contributed by atoms with E-state index in [1.807, 2.05) is 0 Å². The summed E-state index contributed by atoms with van der Waals surface area (Å²) in [6.07, 6.45) is 0. The van der Waals surface area contributed by atoms with Crippen LogP contribution in [-0.4, -0.2) is 26.0 Å². The van der Waals surface area contributed by atoms with Crippen molar-refractivity contribution in [1.29, 1.82) is 0 Å². The first-order valence-electron chi connectivity index (χ1n) is 6.74. The lowest BCUT2D eigenvalue weighted by Gasteiger charge is -2.09. The number of benzene rings is 2. The number of rotatable bonds is 4. The normalized spacial score (nSPS) is 10.0. The van der Waals surface area contributed by atoms with E-state index in [-0.39, 0.29) is 0 Å². The zero-order chi connectivity index (χ0) is 17.7. The number of ether oxygens (including phenoxy) is 2. The number of amides is 2. The van der Waals surface area contributed by atoms with Gasteiger partial charge in [0.15, 0.2) is 0 Å². The van der Waals surface area contributed by atoms with Crippen molar-refractivity contribution in [2.45, 2.75) is 0 Å². The molecule has 0 radical (unpaired) electrons. The summed E-state index contributed by atoms with van der Waals surface area (Å²) in [5, 5.41) is 5.52. The van der Waals surface area contributed by atoms with Crippen molar-refractivity contribution < 1.29 is 19.1 Å². The van der Waals surface area contributed by atoms with Crippen LogP contribution in [0.2, 0.25) is 10.0 Å². The van der Waals surface area contributed by atoms with Crippen molar-refractivity contribution in [2.24, 2.45) is 0 Å². The molecule has 0 bridgehead atoms. The summed E-state index contributed by atoms with van der Waals surface area (Å²) in [6, 6.07) is 9.27. The highest BCUT2D eigenvalue weighted by molar-refractivity contribution is 6.44. The molecule has 2 rings (SSSR count). The number of carbonyl (C=O) groups excluding carboxylic acids is 2. The maximum absolute atomic E-state index is 11.9. The molecule has 0 aliphatic rings. The second-order valence-electron chi connectivity index (χ2n) is 4.61. The first kappa shape index (κ1) is 17.9. The van der Waals surface area contributed by atoms with Crippen LogP contribution in [0.5, 0.6) is 11.5 Å². The zero-order valence-corrected chi connectivity index (χ0v) is 14.4. The van der Waals surface area contributed by atoms with Crippen molar-refractivity contribution >= 4 is 46.4 Å². The van der Waals surface area contributed by atoms with Gasteiger partial charge in [0.1, 0.15) is 11.5 Å². The van der Waals surface area contributed by atoms with Crippen LogP contribution in [0.3, 0.4) is 0 Å². The van der Waals surface area contributed by atoms with Gasteiger partial charge in [0.25, 0.3) is 0 Å². The molecule has 2 aromatic rings. The predicted octanol–water partition coefficient (Wildman–Crippen LogP) is 3.59. The van der Waals surface area contributed by atoms with Gasteiger partial charge in [-0.25, -0.2) is 0 Å². The second kappa shape index (κ2) is 7.90. The predicted molar refractivity (Wildman–Crippen MR) is 93.3 cm³/mol. The molecule has 0 aromatic heterocycles. The monoisotopic (exact) mass is 368 g/mol. The van der Waals surface area contributed by atoms with Crippen LogP contribution in [0, 0.1) is 0 Å². The molecule has 0 aliphatic heterocycles. The number of carbonyl (C=O) groups is 2. The lowest BCUT2D eigenvalue weighted by Crippen LogP contribution is -2.29. The van der Waals surface area contributed by atoms with E-state index in [9.17, 15) is 9.59 Å². The van der Waals surface area contributed by atoms with E-state index < -0.39 is 11.8 Å². The van der Waals surface area contributed by atoms with Crippen molar-refractivity contribution in [2.75, 3.05) is 24.9 Å². The third kappa shape index (κ3) is 4.31. The number of halogens is 2. The Kier molecular flexibility index (Phi) is 5.89. The minimum Gasteiger partial charge on any atom is -0.495 e. The molecule has 2 aromatic carbocycles. The molecule has 0 heterocycles. The first-order chi connectivity index (χ1) is 11.4. The van der Waals surface area contributed by atoms with E-state index in [1.165, 1.54) is 26.4 Å². The minimum atomic E-state index is -0.844. The largest absolute Gasteiger partial charge is 0.495 e. The molecular weight excluding hydrogens is 355 g/mol. The van der Waals surface area contributed by atoms with E-state index >= 15 is 0 Å². The van der Waals surface area contributed by atoms with Gasteiger partial charge in [0.05, 0.1) is 24.3 Å². The number of nitrogens with one attached hydrogen (secondary N) is 2. The third-order valence-electron chi connectivity index (χ3n) is 3.03. The lowest BCUT2D eigenvalue weighted by molar-refractivity contribution is -0.132. The molecule has 2 N–H and O–H groups in total. The zero-order valence-electron chi connectivity index (χ0n) is 12.9. The van der Waals surface area contributed by atoms with Gasteiger partial charge in [0, 0.05) is 11.4 Å². The van der Waals surface area contributed by atoms with Crippen LogP contribution < -0.4 is 20.1 Å². The van der Waals surface area contributed by atoms with Crippen LogP contribution in [-0.2, 0) is 9.59 Å². The van der Waals surface area contributed by atoms with Crippen LogP contribution in [0.15, 0.2) is 36.4 Å². The average molecular weight is 369 g/mol. The van der Waals surface area contributed by atoms with Crippen molar-refractivity contribution in [3.63, 3.8) is 0 Å². The minimum absolute atomic E-state index is 0.317. The maximum atomic E-state index is 11.9. The Morgan fingerprint density at radius 2 is 1.17 bits per heavy atom. The summed E-state index contributed by atoms with van der Waals surface area (Å²) >= 11 is 11.9. The lowest BCUT2D eigenvalue weighted by atomic mass is 10.3. The van der Waals surface area contributed by atoms with Gasteiger partial charge in [0.2, 0.25) is 0 Å². The molecule has 0 saturated carbocycles. The van der Waals surface area contributed by atoms with Gasteiger partial charge in [-0.2, -0.15) is 0 Å². The number of hydrogen-bond donors (Lipinski definition) is 2. The highest BCUT2D eigenvalue weighted by Crippen LogP contribution is 2.28. The fourth-order valence-corrected chi connectivity index (χ4v) is 2.38. The summed E-state index contributed by atoms with van der Waals surface area (Å²) in [7, 11) is 2.96. The van der Waals surface area contributed by atoms with Crippen LogP contribution >= 0.6 is 23.2 Å². The molecule has 2 amide bonds. The Labute approximate surface area is 148 Å². The van der Waals surface area contributed by atoms with E-state index in [4.69, 9.17) is 32.7 Å². The van der Waals surface area contributed by atoms with E-state index in [2.05, 4.69) is 10.6 Å². The van der Waals surface area contributed by atoms with E-state index in [1.54, 1.807) is 24.3 Å². The first-order valence-corrected chi connectivity index (χ1v) is 7.49. The van der Waals surface area contributed by atoms with E-state index in [0.29, 0.717) is 32.9 Å². The van der Waals surface area contributed by atoms with Crippen LogP contribution in [0.4, 0.5) is 11.4 Å². The fourth-order valence-electron chi connectivity index (χ4n) is 1.86. The number of hydrogen-bond acceptors (Lipinski definition) is 4. The Hall–Kier alpha value is -2.44. The molecular formula is C16H14Cl2N2O4. The summed E-state index contributed by atoms with van der Waals surface area (Å²) in [5.74, 6) is -0.759. The summed E-state index contributed by atoms with van der Waals surface area (Å²) in [5.41, 5.74) is 0.738. The Bertz CT molecular complexity index is 715. The molecule has 126 valence electrons. The Morgan fingerprint density at radius 1 is 0.792 bits per heavy atom. The summed E-state index contributed by atoms with van der Waals surface area (Å²) < 4.78 is 10.0. The molecule has 6 nitrogen and oxygen atoms in total. The standard InChI is InChI=1S/C16H14Cl2N2O4/c1-23-13-5-3-9(7-11(13)17)19-15(21)16(22)20-10-4-6-14(24-2)12(18)8-10/h3-8H,1-2H3,(H,19,21)(H,20,22). The molecule has 24 heavy (non-hydrogen) atoms. The van der Waals surface area contributed by atoms with Gasteiger partial charge >= 0.3 is 11.8 Å². The number of methoxy groups -OCH3 is 2. The Balaban J connectivity index is 2.03. The Morgan fingerprint density at radius 3 is 1.46 bits per heavy atom. The van der Waals surface area contributed by atoms with Crippen LogP contribution in [0.25, 0.3) is 0 Å². The quantitative estimate of drug-likeness (QED) is 0.808. The van der Waals surface area contributed by atoms with Crippen molar-refractivity contribution in [3.05, 3.63) is 46.4 Å². The molecule has 0 spiro atoms. The fraction of sp³-hybridized carbons (Fsp3) is 0.125. The summed E-state index contributed by atoms with van der Waals surface area (Å²) in [6.45, 7) is 0. The maximum Gasteiger partial charge on any atom is 0.314 e. The molecule has 0 atom stereocenters. The van der Waals surface area contributed by atoms with Crippen molar-refractivity contribution in [3.8, 4) is 11.5 Å². The molecule has 0 aliphatic carbocycles. The molecule has 0 saturated heterocycles. The highest BCUT2D eigenvalue weighted by atomic mass is 35.5. The molecule has 0 unspecified atom stereocenters. The van der Waals surface area contributed by atoms with Gasteiger partial charge < -0.3 is 20.1 Å². The highest BCUT2D eigenvalue weighted by Gasteiger charge is 2.15. The topological polar surface area (TPSA) is 76.7 Å². The van der Waals surface area contributed by atoms with Gasteiger partial charge in [-0.15, -0.1) is 0 Å². The van der Waals surface area contributed by atoms with Crippen LogP contribution in [0.1, 0.15) is 0 Å². The smallest absolute Gasteiger partial charge is 0.314 e. The second-order valence-corrected chi connectivity index (χ2v) is 5.42.